The van der Waals surface area contributed by atoms with E-state index >= 15 is 0 Å². The lowest BCUT2D eigenvalue weighted by molar-refractivity contribution is 0.597. The Bertz CT molecular complexity index is 498. The minimum atomic E-state index is -2.93. The Morgan fingerprint density at radius 3 is 2.41 bits per heavy atom. The van der Waals surface area contributed by atoms with E-state index in [0.717, 1.165) is 17.1 Å². The third-order valence-electron chi connectivity index (χ3n) is 2.65. The Hall–Kier alpha value is -1.17. The van der Waals surface area contributed by atoms with E-state index in [1.807, 2.05) is 20.8 Å². The van der Waals surface area contributed by atoms with E-state index in [1.165, 1.54) is 0 Å². The summed E-state index contributed by atoms with van der Waals surface area (Å²) in [5.74, 6) is 1.72. The predicted molar refractivity (Wildman–Crippen MR) is 69.1 cm³/mol. The first-order valence-corrected chi connectivity index (χ1v) is 7.44. The van der Waals surface area contributed by atoms with Crippen molar-refractivity contribution >= 4 is 15.7 Å². The molecule has 1 heterocycles. The first kappa shape index (κ1) is 13.9. The van der Waals surface area contributed by atoms with Gasteiger partial charge < -0.3 is 5.32 Å². The predicted octanol–water partition coefficient (Wildman–Crippen LogP) is 1.25. The lowest BCUT2D eigenvalue weighted by Gasteiger charge is -2.10. The average Bonchev–Trinajstić information content (AvgIpc) is 2.24. The summed E-state index contributed by atoms with van der Waals surface area (Å²) in [6.07, 6.45) is 0. The van der Waals surface area contributed by atoms with Gasteiger partial charge in [0.1, 0.15) is 11.6 Å². The Morgan fingerprint density at radius 1 is 1.18 bits per heavy atom. The number of rotatable bonds is 5. The van der Waals surface area contributed by atoms with Crippen LogP contribution in [0, 0.1) is 20.8 Å². The van der Waals surface area contributed by atoms with Crippen LogP contribution < -0.4 is 5.32 Å². The molecule has 0 aliphatic heterocycles. The second-order valence-electron chi connectivity index (χ2n) is 3.99. The maximum Gasteiger partial charge on any atom is 0.151 e. The van der Waals surface area contributed by atoms with Crippen molar-refractivity contribution in [1.29, 1.82) is 0 Å². The lowest BCUT2D eigenvalue weighted by Crippen LogP contribution is -2.18. The zero-order chi connectivity index (χ0) is 13.1. The normalized spacial score (nSPS) is 11.5. The fourth-order valence-electron chi connectivity index (χ4n) is 1.41. The molecule has 0 fully saturated rings. The molecular weight excluding hydrogens is 238 g/mol. The summed E-state index contributed by atoms with van der Waals surface area (Å²) < 4.78 is 22.7. The molecule has 1 rings (SSSR count). The van der Waals surface area contributed by atoms with Gasteiger partial charge in [0.2, 0.25) is 0 Å². The smallest absolute Gasteiger partial charge is 0.151 e. The van der Waals surface area contributed by atoms with Gasteiger partial charge in [0.25, 0.3) is 0 Å². The molecule has 0 bridgehead atoms. The van der Waals surface area contributed by atoms with Crippen LogP contribution in [0.5, 0.6) is 0 Å². The van der Waals surface area contributed by atoms with Gasteiger partial charge in [0.15, 0.2) is 9.84 Å². The quantitative estimate of drug-likeness (QED) is 0.859. The third-order valence-corrected chi connectivity index (χ3v) is 4.35. The molecule has 5 nitrogen and oxygen atoms in total. The molecule has 0 saturated carbocycles. The first-order valence-electron chi connectivity index (χ1n) is 5.62. The molecule has 0 saturated heterocycles. The number of sulfone groups is 1. The summed E-state index contributed by atoms with van der Waals surface area (Å²) >= 11 is 0. The van der Waals surface area contributed by atoms with Crippen LogP contribution in [0.3, 0.4) is 0 Å². The van der Waals surface area contributed by atoms with Crippen LogP contribution in [-0.4, -0.2) is 36.4 Å². The Balaban J connectivity index is 2.70. The average molecular weight is 257 g/mol. The molecule has 0 amide bonds. The molecular formula is C11H19N3O2S. The fraction of sp³-hybridized carbons (Fsp3) is 0.636. The van der Waals surface area contributed by atoms with Crippen LogP contribution in [0.15, 0.2) is 0 Å². The molecule has 96 valence electrons. The zero-order valence-electron chi connectivity index (χ0n) is 10.7. The largest absolute Gasteiger partial charge is 0.369 e. The number of hydrogen-bond acceptors (Lipinski definition) is 5. The minimum Gasteiger partial charge on any atom is -0.369 e. The number of nitrogens with zero attached hydrogens (tertiary/aromatic N) is 2. The van der Waals surface area contributed by atoms with Crippen molar-refractivity contribution in [2.24, 2.45) is 0 Å². The highest BCUT2D eigenvalue weighted by Crippen LogP contribution is 2.14. The molecule has 0 radical (unpaired) electrons. The SMILES string of the molecule is CCS(=O)(=O)CCNc1nc(C)nc(C)c1C. The van der Waals surface area contributed by atoms with E-state index in [2.05, 4.69) is 15.3 Å². The lowest BCUT2D eigenvalue weighted by atomic mass is 10.2. The standard InChI is InChI=1S/C11H19N3O2S/c1-5-17(15,16)7-6-12-11-8(2)9(3)13-10(4)14-11/h5-7H2,1-4H3,(H,12,13,14). The van der Waals surface area contributed by atoms with Crippen LogP contribution >= 0.6 is 0 Å². The Kier molecular flexibility index (Phi) is 4.45. The topological polar surface area (TPSA) is 72.0 Å². The number of anilines is 1. The van der Waals surface area contributed by atoms with Gasteiger partial charge in [-0.05, 0) is 20.8 Å². The molecule has 0 aliphatic rings. The number of hydrogen-bond donors (Lipinski definition) is 1. The van der Waals surface area contributed by atoms with Crippen LogP contribution in [0.25, 0.3) is 0 Å². The van der Waals surface area contributed by atoms with Crippen LogP contribution in [0.4, 0.5) is 5.82 Å². The van der Waals surface area contributed by atoms with Crippen LogP contribution in [-0.2, 0) is 9.84 Å². The van der Waals surface area contributed by atoms with Crippen LogP contribution in [0.2, 0.25) is 0 Å². The maximum atomic E-state index is 11.3. The second kappa shape index (κ2) is 5.44. The highest BCUT2D eigenvalue weighted by molar-refractivity contribution is 7.91. The van der Waals surface area contributed by atoms with Crippen LogP contribution in [0.1, 0.15) is 24.0 Å². The molecule has 1 N–H and O–H groups in total. The van der Waals surface area contributed by atoms with Crippen molar-refractivity contribution in [3.8, 4) is 0 Å². The molecule has 0 aliphatic carbocycles. The first-order chi connectivity index (χ1) is 7.85. The van der Waals surface area contributed by atoms with Gasteiger partial charge in [-0.15, -0.1) is 0 Å². The zero-order valence-corrected chi connectivity index (χ0v) is 11.6. The summed E-state index contributed by atoms with van der Waals surface area (Å²) in [5, 5.41) is 3.05. The highest BCUT2D eigenvalue weighted by Gasteiger charge is 2.09. The summed E-state index contributed by atoms with van der Waals surface area (Å²) in [4.78, 5) is 8.50. The summed E-state index contributed by atoms with van der Waals surface area (Å²) in [7, 11) is -2.93. The van der Waals surface area contributed by atoms with Crippen molar-refractivity contribution in [3.63, 3.8) is 0 Å². The second-order valence-corrected chi connectivity index (χ2v) is 6.47. The van der Waals surface area contributed by atoms with E-state index < -0.39 is 9.84 Å². The Labute approximate surface area is 103 Å². The molecule has 1 aromatic heterocycles. The summed E-state index contributed by atoms with van der Waals surface area (Å²) in [6.45, 7) is 7.69. The number of nitrogens with one attached hydrogen (secondary N) is 1. The maximum absolute atomic E-state index is 11.3. The molecule has 0 spiro atoms. The van der Waals surface area contributed by atoms with Gasteiger partial charge in [-0.3, -0.25) is 0 Å². The molecule has 17 heavy (non-hydrogen) atoms. The van der Waals surface area contributed by atoms with E-state index in [1.54, 1.807) is 6.92 Å². The van der Waals surface area contributed by atoms with Crippen molar-refractivity contribution in [1.82, 2.24) is 9.97 Å². The van der Waals surface area contributed by atoms with Crippen molar-refractivity contribution in [2.75, 3.05) is 23.4 Å². The van der Waals surface area contributed by atoms with Crippen molar-refractivity contribution < 1.29 is 8.42 Å². The monoisotopic (exact) mass is 257 g/mol. The minimum absolute atomic E-state index is 0.130. The molecule has 6 heteroatoms. The van der Waals surface area contributed by atoms with Gasteiger partial charge in [-0.2, -0.15) is 0 Å². The van der Waals surface area contributed by atoms with Gasteiger partial charge >= 0.3 is 0 Å². The Morgan fingerprint density at radius 2 is 1.82 bits per heavy atom. The number of aromatic nitrogens is 2. The van der Waals surface area contributed by atoms with Gasteiger partial charge in [0, 0.05) is 23.6 Å². The van der Waals surface area contributed by atoms with E-state index in [-0.39, 0.29) is 11.5 Å². The highest BCUT2D eigenvalue weighted by atomic mass is 32.2. The van der Waals surface area contributed by atoms with E-state index in [4.69, 9.17) is 0 Å². The molecule has 0 unspecified atom stereocenters. The molecule has 0 aromatic carbocycles. The van der Waals surface area contributed by atoms with E-state index in [9.17, 15) is 8.42 Å². The summed E-state index contributed by atoms with van der Waals surface area (Å²) in [5.41, 5.74) is 1.88. The molecule has 1 aromatic rings. The molecule has 0 atom stereocenters. The summed E-state index contributed by atoms with van der Waals surface area (Å²) in [6, 6.07) is 0. The van der Waals surface area contributed by atoms with Gasteiger partial charge in [-0.1, -0.05) is 6.92 Å². The third kappa shape index (κ3) is 3.96. The van der Waals surface area contributed by atoms with E-state index in [0.29, 0.717) is 12.4 Å². The van der Waals surface area contributed by atoms with Crippen molar-refractivity contribution in [3.05, 3.63) is 17.1 Å². The van der Waals surface area contributed by atoms with Gasteiger partial charge in [0.05, 0.1) is 5.75 Å². The van der Waals surface area contributed by atoms with Gasteiger partial charge in [-0.25, -0.2) is 18.4 Å². The number of aryl methyl sites for hydroxylation is 2. The fourth-order valence-corrected chi connectivity index (χ4v) is 2.11. The van der Waals surface area contributed by atoms with Crippen molar-refractivity contribution in [2.45, 2.75) is 27.7 Å².